The minimum atomic E-state index is -0.663. The number of rotatable bonds is 16. The number of esters is 1. The van der Waals surface area contributed by atoms with E-state index >= 15 is 0 Å². The summed E-state index contributed by atoms with van der Waals surface area (Å²) in [6.07, 6.45) is 12.8. The summed E-state index contributed by atoms with van der Waals surface area (Å²) in [4.78, 5) is 23.9. The average Bonchev–Trinajstić information content (AvgIpc) is 2.71. The highest BCUT2D eigenvalue weighted by Gasteiger charge is 2.21. The van der Waals surface area contributed by atoms with E-state index in [1.807, 2.05) is 24.3 Å². The summed E-state index contributed by atoms with van der Waals surface area (Å²) in [5, 5.41) is 2.70. The van der Waals surface area contributed by atoms with E-state index in [9.17, 15) is 9.59 Å². The molecule has 0 bridgehead atoms. The van der Waals surface area contributed by atoms with Gasteiger partial charge in [0.05, 0.1) is 13.7 Å². The van der Waals surface area contributed by atoms with Crippen LogP contribution < -0.4 is 10.1 Å². The van der Waals surface area contributed by atoms with Crippen LogP contribution in [0.15, 0.2) is 24.3 Å². The van der Waals surface area contributed by atoms with E-state index in [2.05, 4.69) is 12.2 Å². The number of unbranched alkanes of at least 4 members (excludes halogenated alkanes) is 9. The highest BCUT2D eigenvalue weighted by molar-refractivity contribution is 5.83. The van der Waals surface area contributed by atoms with Crippen LogP contribution in [-0.4, -0.2) is 31.6 Å². The van der Waals surface area contributed by atoms with Crippen molar-refractivity contribution in [2.24, 2.45) is 0 Å². The molecule has 0 spiro atoms. The first kappa shape index (κ1) is 25.0. The van der Waals surface area contributed by atoms with Crippen molar-refractivity contribution in [3.63, 3.8) is 0 Å². The fourth-order valence-corrected chi connectivity index (χ4v) is 3.30. The number of methoxy groups -OCH3 is 1. The van der Waals surface area contributed by atoms with Gasteiger partial charge in [-0.15, -0.1) is 0 Å². The monoisotopic (exact) mass is 405 g/mol. The smallest absolute Gasteiger partial charge is 0.328 e. The summed E-state index contributed by atoms with van der Waals surface area (Å²) < 4.78 is 10.6. The van der Waals surface area contributed by atoms with Gasteiger partial charge in [-0.1, -0.05) is 76.8 Å². The molecule has 1 aromatic rings. The highest BCUT2D eigenvalue weighted by Crippen LogP contribution is 2.14. The minimum absolute atomic E-state index is 0.237. The molecule has 0 saturated heterocycles. The van der Waals surface area contributed by atoms with Gasteiger partial charge in [-0.3, -0.25) is 4.79 Å². The van der Waals surface area contributed by atoms with E-state index in [0.29, 0.717) is 13.0 Å². The maximum atomic E-state index is 12.4. The molecule has 0 aromatic heterocycles. The third-order valence-corrected chi connectivity index (χ3v) is 5.00. The van der Waals surface area contributed by atoms with E-state index in [4.69, 9.17) is 9.47 Å². The zero-order chi connectivity index (χ0) is 21.3. The Morgan fingerprint density at radius 1 is 0.897 bits per heavy atom. The molecule has 1 unspecified atom stereocenters. The van der Waals surface area contributed by atoms with Crippen LogP contribution in [0.25, 0.3) is 0 Å². The molecule has 0 saturated carbocycles. The molecule has 1 amide bonds. The summed E-state index contributed by atoms with van der Waals surface area (Å²) in [5.74, 6) is 0.153. The molecule has 1 atom stereocenters. The van der Waals surface area contributed by atoms with Crippen LogP contribution in [0, 0.1) is 0 Å². The first-order valence-corrected chi connectivity index (χ1v) is 11.1. The Labute approximate surface area is 176 Å². The lowest BCUT2D eigenvalue weighted by Gasteiger charge is -2.17. The quantitative estimate of drug-likeness (QED) is 0.303. The number of hydrogen-bond acceptors (Lipinski definition) is 4. The van der Waals surface area contributed by atoms with Crippen LogP contribution in [0.2, 0.25) is 0 Å². The number of carbonyl (C=O) groups is 2. The Bertz CT molecular complexity index is 571. The maximum absolute atomic E-state index is 12.4. The standard InChI is InChI=1S/C24H39NO4/c1-4-5-6-7-8-9-10-11-12-13-18-29-24(27)23(25-20(2)26)19-21-14-16-22(28-3)17-15-21/h14-17,23H,4-13,18-19H2,1-3H3,(H,25,26). The normalized spacial score (nSPS) is 11.7. The summed E-state index contributed by atoms with van der Waals surface area (Å²) in [6.45, 7) is 4.06. The van der Waals surface area contributed by atoms with Crippen molar-refractivity contribution in [3.8, 4) is 5.75 Å². The van der Waals surface area contributed by atoms with E-state index in [-0.39, 0.29) is 11.9 Å². The van der Waals surface area contributed by atoms with E-state index < -0.39 is 6.04 Å². The average molecular weight is 406 g/mol. The number of nitrogens with one attached hydrogen (secondary N) is 1. The van der Waals surface area contributed by atoms with Crippen LogP contribution in [0.4, 0.5) is 0 Å². The van der Waals surface area contributed by atoms with Gasteiger partial charge in [0.15, 0.2) is 0 Å². The van der Waals surface area contributed by atoms with Crippen molar-refractivity contribution >= 4 is 11.9 Å². The zero-order valence-corrected chi connectivity index (χ0v) is 18.5. The molecule has 29 heavy (non-hydrogen) atoms. The number of amides is 1. The summed E-state index contributed by atoms with van der Waals surface area (Å²) >= 11 is 0. The van der Waals surface area contributed by atoms with Gasteiger partial charge in [-0.2, -0.15) is 0 Å². The summed E-state index contributed by atoms with van der Waals surface area (Å²) in [6, 6.07) is 6.81. The third-order valence-electron chi connectivity index (χ3n) is 5.00. The van der Waals surface area contributed by atoms with Gasteiger partial charge in [-0.05, 0) is 24.1 Å². The van der Waals surface area contributed by atoms with Crippen molar-refractivity contribution in [2.75, 3.05) is 13.7 Å². The molecular weight excluding hydrogens is 366 g/mol. The van der Waals surface area contributed by atoms with Crippen molar-refractivity contribution in [1.82, 2.24) is 5.32 Å². The second-order valence-corrected chi connectivity index (χ2v) is 7.65. The van der Waals surface area contributed by atoms with Gasteiger partial charge >= 0.3 is 5.97 Å². The van der Waals surface area contributed by atoms with Gasteiger partial charge in [0.2, 0.25) is 5.91 Å². The first-order valence-electron chi connectivity index (χ1n) is 11.1. The second-order valence-electron chi connectivity index (χ2n) is 7.65. The summed E-state index contributed by atoms with van der Waals surface area (Å²) in [5.41, 5.74) is 0.945. The number of benzene rings is 1. The van der Waals surface area contributed by atoms with Crippen LogP contribution in [-0.2, 0) is 20.7 Å². The topological polar surface area (TPSA) is 64.6 Å². The van der Waals surface area contributed by atoms with Crippen LogP contribution >= 0.6 is 0 Å². The maximum Gasteiger partial charge on any atom is 0.328 e. The van der Waals surface area contributed by atoms with Crippen LogP contribution in [0.3, 0.4) is 0 Å². The molecule has 0 radical (unpaired) electrons. The lowest BCUT2D eigenvalue weighted by molar-refractivity contribution is -0.147. The molecule has 0 fully saturated rings. The Morgan fingerprint density at radius 3 is 1.97 bits per heavy atom. The predicted molar refractivity (Wildman–Crippen MR) is 117 cm³/mol. The molecule has 0 aliphatic heterocycles. The Hall–Kier alpha value is -2.04. The van der Waals surface area contributed by atoms with Crippen LogP contribution in [0.1, 0.15) is 83.6 Å². The van der Waals surface area contributed by atoms with E-state index in [0.717, 1.165) is 24.2 Å². The predicted octanol–water partition coefficient (Wildman–Crippen LogP) is 5.21. The van der Waals surface area contributed by atoms with Crippen molar-refractivity contribution in [2.45, 2.75) is 90.5 Å². The zero-order valence-electron chi connectivity index (χ0n) is 18.5. The summed E-state index contributed by atoms with van der Waals surface area (Å²) in [7, 11) is 1.61. The first-order chi connectivity index (χ1) is 14.1. The third kappa shape index (κ3) is 12.2. The van der Waals surface area contributed by atoms with Gasteiger partial charge in [0.1, 0.15) is 11.8 Å². The van der Waals surface area contributed by atoms with Crippen LogP contribution in [0.5, 0.6) is 5.75 Å². The fraction of sp³-hybridized carbons (Fsp3) is 0.667. The molecule has 5 nitrogen and oxygen atoms in total. The van der Waals surface area contributed by atoms with E-state index in [1.165, 1.54) is 58.3 Å². The van der Waals surface area contributed by atoms with Crippen molar-refractivity contribution in [3.05, 3.63) is 29.8 Å². The van der Waals surface area contributed by atoms with Gasteiger partial charge in [0.25, 0.3) is 0 Å². The lowest BCUT2D eigenvalue weighted by atomic mass is 10.1. The largest absolute Gasteiger partial charge is 0.497 e. The minimum Gasteiger partial charge on any atom is -0.497 e. The number of ether oxygens (including phenoxy) is 2. The van der Waals surface area contributed by atoms with Gasteiger partial charge in [-0.25, -0.2) is 4.79 Å². The molecule has 5 heteroatoms. The highest BCUT2D eigenvalue weighted by atomic mass is 16.5. The Balaban J connectivity index is 2.24. The number of hydrogen-bond donors (Lipinski definition) is 1. The molecule has 0 heterocycles. The van der Waals surface area contributed by atoms with Crippen molar-refractivity contribution < 1.29 is 19.1 Å². The fourth-order valence-electron chi connectivity index (χ4n) is 3.30. The molecular formula is C24H39NO4. The van der Waals surface area contributed by atoms with Crippen molar-refractivity contribution in [1.29, 1.82) is 0 Å². The lowest BCUT2D eigenvalue weighted by Crippen LogP contribution is -2.42. The molecule has 1 rings (SSSR count). The molecule has 1 aromatic carbocycles. The SMILES string of the molecule is CCCCCCCCCCCCOC(=O)C(Cc1ccc(OC)cc1)NC(C)=O. The second kappa shape index (κ2) is 15.8. The van der Waals surface area contributed by atoms with E-state index in [1.54, 1.807) is 7.11 Å². The Morgan fingerprint density at radius 2 is 1.45 bits per heavy atom. The molecule has 0 aliphatic rings. The van der Waals surface area contributed by atoms with Gasteiger partial charge < -0.3 is 14.8 Å². The molecule has 0 aliphatic carbocycles. The number of carbonyl (C=O) groups excluding carboxylic acids is 2. The molecule has 1 N–H and O–H groups in total. The molecule has 164 valence electrons. The Kier molecular flexibility index (Phi) is 13.6. The van der Waals surface area contributed by atoms with Gasteiger partial charge in [0, 0.05) is 13.3 Å².